The monoisotopic (exact) mass is 416 g/mol. The van der Waals surface area contributed by atoms with Gasteiger partial charge < -0.3 is 5.32 Å². The topological polar surface area (TPSA) is 110 Å². The minimum absolute atomic E-state index is 0.0729. The molecule has 154 valence electrons. The molecule has 0 saturated carbocycles. The van der Waals surface area contributed by atoms with E-state index in [0.29, 0.717) is 5.52 Å². The zero-order valence-corrected chi connectivity index (χ0v) is 17.4. The predicted molar refractivity (Wildman–Crippen MR) is 108 cm³/mol. The summed E-state index contributed by atoms with van der Waals surface area (Å²) >= 11 is 0. The number of rotatable bonds is 8. The predicted octanol–water partition coefficient (Wildman–Crippen LogP) is 1.73. The standard InChI is InChI=1S/C19H24N6O3S/c1-4-14(2)25-18-8-7-16(10-17(18)22-23-25)29(27,28)24(3)13-19(26)21-12-15-6-5-9-20-11-15/h5-11,14H,4,12-13H2,1-3H3,(H,21,26). The SMILES string of the molecule is CCC(C)n1nnc2cc(S(=O)(=O)N(C)CC(=O)NCc3cccnc3)ccc21. The summed E-state index contributed by atoms with van der Waals surface area (Å²) < 4.78 is 28.5. The molecule has 2 aromatic heterocycles. The van der Waals surface area contributed by atoms with Crippen LogP contribution in [0.15, 0.2) is 47.6 Å². The molecule has 1 unspecified atom stereocenters. The maximum atomic E-state index is 12.9. The summed E-state index contributed by atoms with van der Waals surface area (Å²) in [4.78, 5) is 16.2. The fourth-order valence-electron chi connectivity index (χ4n) is 2.81. The lowest BCUT2D eigenvalue weighted by molar-refractivity contribution is -0.121. The van der Waals surface area contributed by atoms with Gasteiger partial charge in [0, 0.05) is 26.0 Å². The Kier molecular flexibility index (Phi) is 6.23. The first-order valence-corrected chi connectivity index (χ1v) is 10.7. The van der Waals surface area contributed by atoms with Gasteiger partial charge in [-0.3, -0.25) is 9.78 Å². The Balaban J connectivity index is 1.71. The van der Waals surface area contributed by atoms with Crippen molar-refractivity contribution < 1.29 is 13.2 Å². The van der Waals surface area contributed by atoms with Crippen LogP contribution < -0.4 is 5.32 Å². The summed E-state index contributed by atoms with van der Waals surface area (Å²) in [6.45, 7) is 4.06. The van der Waals surface area contributed by atoms with Gasteiger partial charge in [-0.1, -0.05) is 18.2 Å². The van der Waals surface area contributed by atoms with Crippen molar-refractivity contribution in [2.24, 2.45) is 0 Å². The molecule has 3 rings (SSSR count). The van der Waals surface area contributed by atoms with Crippen molar-refractivity contribution in [3.63, 3.8) is 0 Å². The molecule has 1 aromatic carbocycles. The highest BCUT2D eigenvalue weighted by Crippen LogP contribution is 2.22. The van der Waals surface area contributed by atoms with Crippen LogP contribution in [0.2, 0.25) is 0 Å². The van der Waals surface area contributed by atoms with Gasteiger partial charge in [0.05, 0.1) is 23.0 Å². The van der Waals surface area contributed by atoms with E-state index in [-0.39, 0.29) is 24.0 Å². The molecule has 0 spiro atoms. The number of sulfonamides is 1. The van der Waals surface area contributed by atoms with E-state index in [4.69, 9.17) is 0 Å². The van der Waals surface area contributed by atoms with Gasteiger partial charge in [0.2, 0.25) is 15.9 Å². The van der Waals surface area contributed by atoms with E-state index < -0.39 is 15.9 Å². The normalized spacial score (nSPS) is 13.0. The van der Waals surface area contributed by atoms with E-state index in [1.807, 2.05) is 19.9 Å². The van der Waals surface area contributed by atoms with Crippen LogP contribution in [-0.4, -0.2) is 52.2 Å². The molecule has 0 bridgehead atoms. The molecule has 1 N–H and O–H groups in total. The first-order valence-electron chi connectivity index (χ1n) is 9.29. The number of hydrogen-bond donors (Lipinski definition) is 1. The number of aromatic nitrogens is 4. The zero-order chi connectivity index (χ0) is 21.0. The second-order valence-electron chi connectivity index (χ2n) is 6.84. The number of hydrogen-bond acceptors (Lipinski definition) is 6. The number of benzene rings is 1. The third kappa shape index (κ3) is 4.60. The quantitative estimate of drug-likeness (QED) is 0.599. The number of carbonyl (C=O) groups is 1. The van der Waals surface area contributed by atoms with Gasteiger partial charge in [-0.15, -0.1) is 5.10 Å². The van der Waals surface area contributed by atoms with Crippen LogP contribution in [0, 0.1) is 0 Å². The number of fused-ring (bicyclic) bond motifs is 1. The Bertz CT molecular complexity index is 1100. The van der Waals surface area contributed by atoms with Crippen molar-refractivity contribution in [3.8, 4) is 0 Å². The lowest BCUT2D eigenvalue weighted by Gasteiger charge is -2.17. The highest BCUT2D eigenvalue weighted by Gasteiger charge is 2.24. The summed E-state index contributed by atoms with van der Waals surface area (Å²) in [6, 6.07) is 8.46. The minimum atomic E-state index is -3.84. The lowest BCUT2D eigenvalue weighted by Crippen LogP contribution is -2.38. The Labute approximate surface area is 169 Å². The fourth-order valence-corrected chi connectivity index (χ4v) is 3.95. The Morgan fingerprint density at radius 1 is 1.31 bits per heavy atom. The Hall–Kier alpha value is -2.85. The van der Waals surface area contributed by atoms with Crippen LogP contribution in [0.3, 0.4) is 0 Å². The second-order valence-corrected chi connectivity index (χ2v) is 8.89. The first-order chi connectivity index (χ1) is 13.8. The molecule has 1 amide bonds. The molecule has 0 saturated heterocycles. The summed E-state index contributed by atoms with van der Waals surface area (Å²) in [6.07, 6.45) is 4.17. The molecule has 10 heteroatoms. The third-order valence-corrected chi connectivity index (χ3v) is 6.54. The van der Waals surface area contributed by atoms with Crippen LogP contribution in [-0.2, 0) is 21.4 Å². The van der Waals surface area contributed by atoms with E-state index in [1.165, 1.54) is 19.2 Å². The number of pyridine rings is 1. The molecule has 2 heterocycles. The van der Waals surface area contributed by atoms with Crippen molar-refractivity contribution in [2.45, 2.75) is 37.8 Å². The molecule has 0 radical (unpaired) electrons. The van der Waals surface area contributed by atoms with Crippen LogP contribution >= 0.6 is 0 Å². The number of amides is 1. The molecule has 0 aliphatic carbocycles. The summed E-state index contributed by atoms with van der Waals surface area (Å²) in [7, 11) is -2.47. The fraction of sp³-hybridized carbons (Fsp3) is 0.368. The van der Waals surface area contributed by atoms with Crippen LogP contribution in [0.4, 0.5) is 0 Å². The van der Waals surface area contributed by atoms with Crippen molar-refractivity contribution in [3.05, 3.63) is 48.3 Å². The van der Waals surface area contributed by atoms with Gasteiger partial charge in [-0.05, 0) is 43.2 Å². The molecular weight excluding hydrogens is 392 g/mol. The van der Waals surface area contributed by atoms with E-state index in [2.05, 4.69) is 20.6 Å². The molecule has 0 aliphatic rings. The minimum Gasteiger partial charge on any atom is -0.351 e. The molecule has 29 heavy (non-hydrogen) atoms. The van der Waals surface area contributed by atoms with Crippen LogP contribution in [0.25, 0.3) is 11.0 Å². The maximum Gasteiger partial charge on any atom is 0.243 e. The third-order valence-electron chi connectivity index (χ3n) is 4.74. The molecule has 9 nitrogen and oxygen atoms in total. The molecule has 0 aliphatic heterocycles. The van der Waals surface area contributed by atoms with E-state index in [1.54, 1.807) is 29.2 Å². The van der Waals surface area contributed by atoms with Crippen molar-refractivity contribution in [2.75, 3.05) is 13.6 Å². The Morgan fingerprint density at radius 2 is 2.10 bits per heavy atom. The number of nitrogens with one attached hydrogen (secondary N) is 1. The largest absolute Gasteiger partial charge is 0.351 e. The smallest absolute Gasteiger partial charge is 0.243 e. The highest BCUT2D eigenvalue weighted by molar-refractivity contribution is 7.89. The maximum absolute atomic E-state index is 12.9. The summed E-state index contributed by atoms with van der Waals surface area (Å²) in [5, 5.41) is 10.9. The van der Waals surface area contributed by atoms with Crippen LogP contribution in [0.5, 0.6) is 0 Å². The van der Waals surface area contributed by atoms with Gasteiger partial charge >= 0.3 is 0 Å². The average molecular weight is 417 g/mol. The average Bonchev–Trinajstić information content (AvgIpc) is 3.15. The molecular formula is C19H24N6O3S. The van der Waals surface area contributed by atoms with E-state index in [0.717, 1.165) is 21.8 Å². The van der Waals surface area contributed by atoms with Gasteiger partial charge in [0.15, 0.2) is 0 Å². The van der Waals surface area contributed by atoms with E-state index >= 15 is 0 Å². The first kappa shape index (κ1) is 20.9. The van der Waals surface area contributed by atoms with Gasteiger partial charge in [-0.25, -0.2) is 13.1 Å². The molecule has 0 fully saturated rings. The second kappa shape index (κ2) is 8.66. The summed E-state index contributed by atoms with van der Waals surface area (Å²) in [5.74, 6) is -0.399. The molecule has 1 atom stereocenters. The lowest BCUT2D eigenvalue weighted by atomic mass is 10.2. The zero-order valence-electron chi connectivity index (χ0n) is 16.6. The Morgan fingerprint density at radius 3 is 2.79 bits per heavy atom. The molecule has 3 aromatic rings. The van der Waals surface area contributed by atoms with Gasteiger partial charge in [-0.2, -0.15) is 4.31 Å². The van der Waals surface area contributed by atoms with Crippen molar-refractivity contribution in [1.29, 1.82) is 0 Å². The number of nitrogens with zero attached hydrogens (tertiary/aromatic N) is 5. The number of carbonyl (C=O) groups excluding carboxylic acids is 1. The van der Waals surface area contributed by atoms with Crippen molar-refractivity contribution >= 4 is 27.0 Å². The van der Waals surface area contributed by atoms with Gasteiger partial charge in [0.1, 0.15) is 5.52 Å². The van der Waals surface area contributed by atoms with Crippen molar-refractivity contribution in [1.82, 2.24) is 29.6 Å². The highest BCUT2D eigenvalue weighted by atomic mass is 32.2. The number of likely N-dealkylation sites (N-methyl/N-ethyl adjacent to an activating group) is 1. The summed E-state index contributed by atoms with van der Waals surface area (Å²) in [5.41, 5.74) is 2.11. The van der Waals surface area contributed by atoms with Gasteiger partial charge in [0.25, 0.3) is 0 Å². The van der Waals surface area contributed by atoms with E-state index in [9.17, 15) is 13.2 Å². The van der Waals surface area contributed by atoms with Crippen LogP contribution in [0.1, 0.15) is 31.9 Å².